The van der Waals surface area contributed by atoms with Crippen LogP contribution in [0.4, 0.5) is 0 Å². The van der Waals surface area contributed by atoms with Crippen molar-refractivity contribution in [1.29, 1.82) is 0 Å². The minimum Gasteiger partial charge on any atom is -0.558 e. The monoisotopic (exact) mass is 410 g/mol. The second kappa shape index (κ2) is 11.1. The first-order valence-corrected chi connectivity index (χ1v) is 11.5. The van der Waals surface area contributed by atoms with Crippen LogP contribution in [0.5, 0.6) is 0 Å². The summed E-state index contributed by atoms with van der Waals surface area (Å²) in [5.41, 5.74) is 1.10. The third-order valence-electron chi connectivity index (χ3n) is 7.21. The summed E-state index contributed by atoms with van der Waals surface area (Å²) in [7, 11) is 0. The smallest absolute Gasteiger partial charge is 0.558 e. The zero-order chi connectivity index (χ0) is 19.4. The first-order valence-electron chi connectivity index (χ1n) is 11.5. The van der Waals surface area contributed by atoms with Gasteiger partial charge in [0.2, 0.25) is 0 Å². The van der Waals surface area contributed by atoms with E-state index in [-0.39, 0.29) is 41.8 Å². The van der Waals surface area contributed by atoms with Crippen LogP contribution >= 0.6 is 0 Å². The Labute approximate surface area is 198 Å². The summed E-state index contributed by atoms with van der Waals surface area (Å²) in [4.78, 5) is 0. The van der Waals surface area contributed by atoms with Crippen molar-refractivity contribution in [2.45, 2.75) is 96.0 Å². The zero-order valence-electron chi connectivity index (χ0n) is 18.3. The molecule has 1 saturated heterocycles. The van der Waals surface area contributed by atoms with E-state index < -0.39 is 12.8 Å². The minimum absolute atomic E-state index is 0. The van der Waals surface area contributed by atoms with Gasteiger partial charge in [0.05, 0.1) is 6.61 Å². The van der Waals surface area contributed by atoms with E-state index in [2.05, 4.69) is 0 Å². The molecule has 2 aliphatic carbocycles. The molecule has 3 aliphatic rings. The molecule has 0 bridgehead atoms. The Morgan fingerprint density at radius 1 is 0.897 bits per heavy atom. The molecule has 3 atom stereocenters. The standard InChI is InChI=1S/C23H36BO4.Na/c1-18(26-17-19-11-5-2-6-12-19)24(25)27-22(20-13-7-3-8-14-20)23(28-24)21-15-9-4-10-16-21;/h2,5-6,11-12,18,20-23,25H,3-4,7-10,13-17H2,1H3;/q-1;+1/t18-,22+,23+;/m0./s1. The Morgan fingerprint density at radius 3 is 1.86 bits per heavy atom. The molecule has 0 aromatic heterocycles. The van der Waals surface area contributed by atoms with Gasteiger partial charge in [0.15, 0.2) is 0 Å². The molecule has 4 nitrogen and oxygen atoms in total. The third kappa shape index (κ3) is 5.88. The van der Waals surface area contributed by atoms with Crippen molar-refractivity contribution in [3.8, 4) is 0 Å². The van der Waals surface area contributed by atoms with Gasteiger partial charge < -0.3 is 19.1 Å². The number of hydrogen-bond acceptors (Lipinski definition) is 4. The van der Waals surface area contributed by atoms with Gasteiger partial charge in [-0.1, -0.05) is 75.8 Å². The topological polar surface area (TPSA) is 47.9 Å². The molecule has 1 N–H and O–H groups in total. The molecule has 1 aliphatic heterocycles. The fraction of sp³-hybridized carbons (Fsp3) is 0.739. The SMILES string of the molecule is C[C@H](OCc1ccccc1)[B-]1(O)O[C@H](C2CCCCC2)[C@@H](C2CCCCC2)O1.[Na+]. The van der Waals surface area contributed by atoms with Gasteiger partial charge in [-0.05, 0) is 43.1 Å². The first kappa shape index (κ1) is 23.8. The van der Waals surface area contributed by atoms with Gasteiger partial charge in [-0.3, -0.25) is 0 Å². The molecule has 1 heterocycles. The molecule has 0 unspecified atom stereocenters. The fourth-order valence-corrected chi connectivity index (χ4v) is 5.47. The van der Waals surface area contributed by atoms with Crippen LogP contribution in [0.3, 0.4) is 0 Å². The van der Waals surface area contributed by atoms with E-state index in [0.717, 1.165) is 5.56 Å². The molecule has 0 amide bonds. The van der Waals surface area contributed by atoms with E-state index in [1.54, 1.807) is 0 Å². The molecule has 1 aromatic carbocycles. The van der Waals surface area contributed by atoms with Crippen LogP contribution in [-0.2, 0) is 20.7 Å². The number of hydrogen-bond donors (Lipinski definition) is 1. The van der Waals surface area contributed by atoms with Crippen molar-refractivity contribution < 1.29 is 48.6 Å². The van der Waals surface area contributed by atoms with Crippen molar-refractivity contribution >= 4 is 6.75 Å². The Hall–Kier alpha value is 0.125. The van der Waals surface area contributed by atoms with E-state index in [1.807, 2.05) is 37.3 Å². The van der Waals surface area contributed by atoms with Crippen LogP contribution in [0.2, 0.25) is 0 Å². The van der Waals surface area contributed by atoms with Crippen molar-refractivity contribution in [1.82, 2.24) is 0 Å². The van der Waals surface area contributed by atoms with E-state index >= 15 is 0 Å². The second-order valence-electron chi connectivity index (χ2n) is 9.23. The molecule has 0 radical (unpaired) electrons. The summed E-state index contributed by atoms with van der Waals surface area (Å²) >= 11 is 0. The molecule has 3 fully saturated rings. The van der Waals surface area contributed by atoms with Crippen molar-refractivity contribution in [2.75, 3.05) is 0 Å². The Balaban J connectivity index is 0.00000240. The minimum atomic E-state index is -2.41. The molecular weight excluding hydrogens is 374 g/mol. The normalized spacial score (nSPS) is 29.3. The van der Waals surface area contributed by atoms with E-state index in [4.69, 9.17) is 14.0 Å². The summed E-state index contributed by atoms with van der Waals surface area (Å²) in [5, 5.41) is 11.3. The molecular formula is C23H36BNaO4. The van der Waals surface area contributed by atoms with Gasteiger partial charge in [0.25, 0.3) is 0 Å². The molecule has 2 saturated carbocycles. The van der Waals surface area contributed by atoms with Gasteiger partial charge in [-0.15, -0.1) is 0 Å². The maximum atomic E-state index is 11.3. The maximum Gasteiger partial charge on any atom is 1.00 e. The van der Waals surface area contributed by atoms with Crippen molar-refractivity contribution in [2.24, 2.45) is 11.8 Å². The van der Waals surface area contributed by atoms with Gasteiger partial charge in [0.1, 0.15) is 0 Å². The van der Waals surface area contributed by atoms with E-state index in [9.17, 15) is 5.02 Å². The molecule has 156 valence electrons. The van der Waals surface area contributed by atoms with Crippen molar-refractivity contribution in [3.63, 3.8) is 0 Å². The Morgan fingerprint density at radius 2 is 1.38 bits per heavy atom. The average Bonchev–Trinajstić information content (AvgIpc) is 3.13. The van der Waals surface area contributed by atoms with E-state index in [1.165, 1.54) is 64.2 Å². The third-order valence-corrected chi connectivity index (χ3v) is 7.21. The van der Waals surface area contributed by atoms with Gasteiger partial charge in [-0.25, -0.2) is 0 Å². The predicted molar refractivity (Wildman–Crippen MR) is 112 cm³/mol. The van der Waals surface area contributed by atoms with Crippen molar-refractivity contribution in [3.05, 3.63) is 35.9 Å². The quantitative estimate of drug-likeness (QED) is 0.730. The van der Waals surface area contributed by atoms with E-state index in [0.29, 0.717) is 18.4 Å². The van der Waals surface area contributed by atoms with Gasteiger partial charge in [0, 0.05) is 18.2 Å². The summed E-state index contributed by atoms with van der Waals surface area (Å²) in [6.07, 6.45) is 12.6. The molecule has 0 spiro atoms. The predicted octanol–water partition coefficient (Wildman–Crippen LogP) is 2.01. The molecule has 4 rings (SSSR count). The van der Waals surface area contributed by atoms with Crippen LogP contribution in [0.25, 0.3) is 0 Å². The number of ether oxygens (including phenoxy) is 1. The number of benzene rings is 1. The van der Waals surface area contributed by atoms with Crippen LogP contribution in [0, 0.1) is 11.8 Å². The molecule has 29 heavy (non-hydrogen) atoms. The summed E-state index contributed by atoms with van der Waals surface area (Å²) in [5.74, 6) is 1.02. The van der Waals surface area contributed by atoms with Crippen LogP contribution < -0.4 is 29.6 Å². The van der Waals surface area contributed by atoms with Crippen LogP contribution in [-0.4, -0.2) is 30.0 Å². The largest absolute Gasteiger partial charge is 1.00 e. The summed E-state index contributed by atoms with van der Waals surface area (Å²) < 4.78 is 18.8. The molecule has 6 heteroatoms. The van der Waals surface area contributed by atoms with Gasteiger partial charge >= 0.3 is 36.3 Å². The number of rotatable bonds is 6. The maximum absolute atomic E-state index is 11.3. The zero-order valence-corrected chi connectivity index (χ0v) is 20.3. The first-order chi connectivity index (χ1) is 13.7. The second-order valence-corrected chi connectivity index (χ2v) is 9.23. The Bertz CT molecular complexity index is 578. The van der Waals surface area contributed by atoms with Gasteiger partial charge in [-0.2, -0.15) is 0 Å². The molecule has 1 aromatic rings. The van der Waals surface area contributed by atoms with Crippen LogP contribution in [0.15, 0.2) is 30.3 Å². The summed E-state index contributed by atoms with van der Waals surface area (Å²) in [6, 6.07) is 9.61. The Kier molecular flexibility index (Phi) is 9.12. The summed E-state index contributed by atoms with van der Waals surface area (Å²) in [6.45, 7) is -0.0616. The average molecular weight is 410 g/mol. The fourth-order valence-electron chi connectivity index (χ4n) is 5.47. The van der Waals surface area contributed by atoms with Crippen LogP contribution in [0.1, 0.15) is 76.7 Å².